The Morgan fingerprint density at radius 3 is 1.33 bits per heavy atom. The molecule has 2 aromatic carbocycles. The Balaban J connectivity index is 1.38. The van der Waals surface area contributed by atoms with E-state index in [2.05, 4.69) is 0 Å². The van der Waals surface area contributed by atoms with Gasteiger partial charge in [-0.15, -0.1) is 0 Å². The molecule has 3 aliphatic rings. The molecule has 3 aromatic rings. The van der Waals surface area contributed by atoms with Crippen LogP contribution in [0.4, 0.5) is 0 Å². The molecule has 0 unspecified atom stereocenters. The average Bonchev–Trinajstić information content (AvgIpc) is 3.41. The van der Waals surface area contributed by atoms with E-state index in [1.54, 1.807) is 0 Å². The zero-order valence-corrected chi connectivity index (χ0v) is 17.0. The molecule has 0 amide bonds. The first-order valence-electron chi connectivity index (χ1n) is 9.36. The first-order chi connectivity index (χ1) is 13.4. The van der Waals surface area contributed by atoms with Gasteiger partial charge < -0.3 is 0 Å². The van der Waals surface area contributed by atoms with Crippen LogP contribution < -0.4 is 25.6 Å². The molecule has 4 nitrogen and oxygen atoms in total. The molecule has 0 bridgehead atoms. The number of para-hydroxylation sites is 4. The van der Waals surface area contributed by atoms with Gasteiger partial charge in [-0.1, -0.05) is 0 Å². The van der Waals surface area contributed by atoms with Crippen molar-refractivity contribution in [1.82, 2.24) is 0 Å². The van der Waals surface area contributed by atoms with Crippen molar-refractivity contribution >= 4 is 41.6 Å². The Bertz CT molecular complexity index is 905. The van der Waals surface area contributed by atoms with Crippen molar-refractivity contribution in [3.8, 4) is 23.0 Å². The number of hydrogen-bond donors (Lipinski definition) is 0. The third kappa shape index (κ3) is 2.60. The molecule has 3 heterocycles. The van der Waals surface area contributed by atoms with Gasteiger partial charge in [-0.05, 0) is 0 Å². The van der Waals surface area contributed by atoms with E-state index < -0.39 is 20.4 Å². The second-order valence-electron chi connectivity index (χ2n) is 7.02. The Kier molecular flexibility index (Phi) is 3.74. The molecule has 0 saturated heterocycles. The number of fused-ring (bicyclic) bond motifs is 3. The van der Waals surface area contributed by atoms with Gasteiger partial charge in [0.2, 0.25) is 0 Å². The Labute approximate surface area is 168 Å². The van der Waals surface area contributed by atoms with Crippen molar-refractivity contribution in [3.63, 3.8) is 0 Å². The second-order valence-corrected chi connectivity index (χ2v) is 10.1. The van der Waals surface area contributed by atoms with Crippen LogP contribution in [0.5, 0.6) is 23.0 Å². The number of hydrogen-bond acceptors (Lipinski definition) is 4. The molecule has 0 radical (unpaired) electrons. The van der Waals surface area contributed by atoms with Gasteiger partial charge >= 0.3 is 169 Å². The molecule has 2 aliphatic heterocycles. The fraction of sp³-hybridized carbons (Fsp3) is 0.200. The molecule has 7 heteroatoms. The van der Waals surface area contributed by atoms with Gasteiger partial charge in [-0.2, -0.15) is 0 Å². The SMILES string of the molecule is c1ccc2c(c1)OB(c1[te]c(B3Oc4ccccc4O3)c3c1CCCC3)O2. The normalized spacial score (nSPS) is 16.6. The van der Waals surface area contributed by atoms with Crippen molar-refractivity contribution in [2.75, 3.05) is 0 Å². The fourth-order valence-electron chi connectivity index (χ4n) is 4.08. The third-order valence-corrected chi connectivity index (χ3v) is 9.11. The topological polar surface area (TPSA) is 36.9 Å². The molecule has 1 aliphatic carbocycles. The van der Waals surface area contributed by atoms with E-state index in [1.807, 2.05) is 48.5 Å². The molecule has 6 rings (SSSR count). The van der Waals surface area contributed by atoms with Gasteiger partial charge in [0, 0.05) is 0 Å². The minimum absolute atomic E-state index is 0.283. The molecular weight excluding hydrogens is 453 g/mol. The Morgan fingerprint density at radius 1 is 0.593 bits per heavy atom. The second kappa shape index (κ2) is 6.29. The Hall–Kier alpha value is -1.96. The van der Waals surface area contributed by atoms with Crippen LogP contribution in [0.3, 0.4) is 0 Å². The summed E-state index contributed by atoms with van der Waals surface area (Å²) in [5, 5.41) is 0. The molecule has 1 aromatic heterocycles. The van der Waals surface area contributed by atoms with E-state index in [4.69, 9.17) is 18.6 Å². The molecule has 0 spiro atoms. The molecule has 0 fully saturated rings. The monoisotopic (exact) mass is 472 g/mol. The summed E-state index contributed by atoms with van der Waals surface area (Å²) in [7, 11) is -0.566. The summed E-state index contributed by atoms with van der Waals surface area (Å²) >= 11 is -0.638. The molecule has 0 N–H and O–H groups in total. The zero-order valence-electron chi connectivity index (χ0n) is 14.6. The van der Waals surface area contributed by atoms with Gasteiger partial charge in [0.05, 0.1) is 0 Å². The van der Waals surface area contributed by atoms with Crippen molar-refractivity contribution < 1.29 is 18.6 Å². The predicted octanol–water partition coefficient (Wildman–Crippen LogP) is 1.96. The number of benzene rings is 2. The van der Waals surface area contributed by atoms with Gasteiger partial charge in [-0.25, -0.2) is 0 Å². The van der Waals surface area contributed by atoms with Crippen molar-refractivity contribution in [2.45, 2.75) is 25.7 Å². The van der Waals surface area contributed by atoms with Crippen LogP contribution in [0.2, 0.25) is 0 Å². The molecular formula is C20H16B2O4Te. The minimum atomic E-state index is -0.638. The van der Waals surface area contributed by atoms with Crippen LogP contribution in [0.25, 0.3) is 0 Å². The zero-order chi connectivity index (χ0) is 17.8. The van der Waals surface area contributed by atoms with Gasteiger partial charge in [0.25, 0.3) is 0 Å². The maximum atomic E-state index is 6.16. The first kappa shape index (κ1) is 16.0. The summed E-state index contributed by atoms with van der Waals surface area (Å²) in [5.74, 6) is 3.37. The van der Waals surface area contributed by atoms with E-state index in [-0.39, 0.29) is 14.2 Å². The van der Waals surface area contributed by atoms with Crippen LogP contribution in [0, 0.1) is 0 Å². The van der Waals surface area contributed by atoms with Crippen LogP contribution in [-0.2, 0) is 12.8 Å². The van der Waals surface area contributed by atoms with Crippen molar-refractivity contribution in [1.29, 1.82) is 0 Å². The average molecular weight is 470 g/mol. The third-order valence-electron chi connectivity index (χ3n) is 5.35. The predicted molar refractivity (Wildman–Crippen MR) is 106 cm³/mol. The van der Waals surface area contributed by atoms with Crippen LogP contribution in [0.1, 0.15) is 24.0 Å². The van der Waals surface area contributed by atoms with E-state index in [0.717, 1.165) is 35.8 Å². The quantitative estimate of drug-likeness (QED) is 0.538. The molecule has 0 saturated carbocycles. The van der Waals surface area contributed by atoms with Gasteiger partial charge in [-0.3, -0.25) is 0 Å². The summed E-state index contributed by atoms with van der Waals surface area (Å²) in [6, 6.07) is 15.9. The van der Waals surface area contributed by atoms with Crippen LogP contribution in [0.15, 0.2) is 48.5 Å². The van der Waals surface area contributed by atoms with Crippen LogP contribution in [-0.4, -0.2) is 34.7 Å². The molecule has 27 heavy (non-hydrogen) atoms. The summed E-state index contributed by atoms with van der Waals surface area (Å²) in [4.78, 5) is 0. The van der Waals surface area contributed by atoms with E-state index in [1.165, 1.54) is 30.9 Å². The summed E-state index contributed by atoms with van der Waals surface area (Å²) in [6.45, 7) is 0. The van der Waals surface area contributed by atoms with E-state index in [9.17, 15) is 0 Å². The summed E-state index contributed by atoms with van der Waals surface area (Å²) in [6.07, 6.45) is 4.68. The number of rotatable bonds is 2. The Morgan fingerprint density at radius 2 is 0.963 bits per heavy atom. The summed E-state index contributed by atoms with van der Waals surface area (Å²) in [5.41, 5.74) is 2.92. The van der Waals surface area contributed by atoms with E-state index >= 15 is 0 Å². The van der Waals surface area contributed by atoms with Crippen LogP contribution >= 0.6 is 0 Å². The van der Waals surface area contributed by atoms with E-state index in [0.29, 0.717) is 0 Å². The van der Waals surface area contributed by atoms with Crippen molar-refractivity contribution in [3.05, 3.63) is 59.7 Å². The first-order valence-corrected chi connectivity index (χ1v) is 11.7. The maximum absolute atomic E-state index is 6.16. The molecule has 0 atom stereocenters. The summed E-state index contributed by atoms with van der Waals surface area (Å²) < 4.78 is 27.4. The standard InChI is InChI=1S/C20H16B2O4Te/c1-2-8-14-13(7-1)19(21-23-15-9-3-4-10-16(15)24-21)27-20(14)22-25-17-11-5-6-12-18(17)26-22/h3-6,9-12H,1-2,7-8H2. The molecule has 132 valence electrons. The van der Waals surface area contributed by atoms with Gasteiger partial charge in [0.15, 0.2) is 0 Å². The van der Waals surface area contributed by atoms with Crippen molar-refractivity contribution in [2.24, 2.45) is 0 Å². The van der Waals surface area contributed by atoms with Gasteiger partial charge in [0.1, 0.15) is 0 Å². The fourth-order valence-corrected chi connectivity index (χ4v) is 7.85.